The summed E-state index contributed by atoms with van der Waals surface area (Å²) >= 11 is 0. The number of aromatic nitrogens is 2. The highest BCUT2D eigenvalue weighted by Crippen LogP contribution is 2.23. The van der Waals surface area contributed by atoms with Crippen molar-refractivity contribution in [1.29, 1.82) is 0 Å². The highest BCUT2D eigenvalue weighted by atomic mass is 16.1. The topological polar surface area (TPSA) is 38.1 Å². The molecular formula is C10H15N3O. The van der Waals surface area contributed by atoms with Crippen LogP contribution in [0.15, 0.2) is 6.07 Å². The van der Waals surface area contributed by atoms with Gasteiger partial charge in [-0.1, -0.05) is 0 Å². The van der Waals surface area contributed by atoms with Crippen LogP contribution in [0.1, 0.15) is 36.1 Å². The molecule has 2 heterocycles. The Balaban J connectivity index is 2.41. The van der Waals surface area contributed by atoms with E-state index in [0.29, 0.717) is 11.7 Å². The predicted molar refractivity (Wildman–Crippen MR) is 53.3 cm³/mol. The predicted octanol–water partition coefficient (Wildman–Crippen LogP) is 1.09. The number of fused-ring (bicyclic) bond motifs is 1. The third-order valence-corrected chi connectivity index (χ3v) is 2.93. The summed E-state index contributed by atoms with van der Waals surface area (Å²) in [6, 6.07) is 2.26. The quantitative estimate of drug-likeness (QED) is 0.627. The third kappa shape index (κ3) is 1.35. The first-order chi connectivity index (χ1) is 6.59. The van der Waals surface area contributed by atoms with Gasteiger partial charge in [0.15, 0.2) is 5.78 Å². The maximum Gasteiger partial charge on any atom is 0.179 e. The molecule has 4 nitrogen and oxygen atoms in total. The fourth-order valence-corrected chi connectivity index (χ4v) is 1.79. The zero-order valence-electron chi connectivity index (χ0n) is 8.82. The monoisotopic (exact) mass is 193 g/mol. The molecule has 1 aliphatic heterocycles. The van der Waals surface area contributed by atoms with Crippen molar-refractivity contribution < 1.29 is 4.79 Å². The number of Topliss-reactive ketones (excluding diaryl/α,β-unsaturated/α-hetero) is 1. The van der Waals surface area contributed by atoms with Crippen LogP contribution in [0.2, 0.25) is 0 Å². The summed E-state index contributed by atoms with van der Waals surface area (Å²) in [5, 5.41) is 4.28. The van der Waals surface area contributed by atoms with Gasteiger partial charge in [0.1, 0.15) is 5.69 Å². The number of carbonyl (C=O) groups excluding carboxylic acids is 1. The average Bonchev–Trinajstić information content (AvgIpc) is 2.56. The second kappa shape index (κ2) is 3.20. The molecule has 0 aliphatic carbocycles. The standard InChI is InChI=1S/C10H15N3O/c1-7-10-6-9(8(2)14)11-13(10)5-4-12(7)3/h6-7H,4-5H2,1-3H3. The molecule has 1 aliphatic rings. The summed E-state index contributed by atoms with van der Waals surface area (Å²) in [5.74, 6) is 0.0433. The minimum Gasteiger partial charge on any atom is -0.296 e. The van der Waals surface area contributed by atoms with Crippen LogP contribution in [0, 0.1) is 0 Å². The SMILES string of the molecule is CC(=O)c1cc2n(n1)CCN(C)C2C. The van der Waals surface area contributed by atoms with Gasteiger partial charge in [-0.05, 0) is 20.0 Å². The summed E-state index contributed by atoms with van der Waals surface area (Å²) in [5.41, 5.74) is 1.73. The van der Waals surface area contributed by atoms with Crippen molar-refractivity contribution in [1.82, 2.24) is 14.7 Å². The molecule has 4 heteroatoms. The van der Waals surface area contributed by atoms with Crippen LogP contribution in [0.5, 0.6) is 0 Å². The second-order valence-electron chi connectivity index (χ2n) is 3.89. The molecule has 0 bridgehead atoms. The first-order valence-electron chi connectivity index (χ1n) is 4.88. The molecule has 14 heavy (non-hydrogen) atoms. The second-order valence-corrected chi connectivity index (χ2v) is 3.89. The van der Waals surface area contributed by atoms with Gasteiger partial charge in [-0.25, -0.2) is 0 Å². The van der Waals surface area contributed by atoms with Crippen molar-refractivity contribution in [2.75, 3.05) is 13.6 Å². The van der Waals surface area contributed by atoms with E-state index in [1.807, 2.05) is 10.7 Å². The minimum atomic E-state index is 0.0433. The van der Waals surface area contributed by atoms with Crippen molar-refractivity contribution in [3.8, 4) is 0 Å². The Hall–Kier alpha value is -1.16. The van der Waals surface area contributed by atoms with E-state index in [1.165, 1.54) is 0 Å². The van der Waals surface area contributed by atoms with Gasteiger partial charge in [-0.3, -0.25) is 14.4 Å². The number of hydrogen-bond acceptors (Lipinski definition) is 3. The molecule has 0 aromatic carbocycles. The molecule has 0 amide bonds. The molecule has 2 rings (SSSR count). The summed E-state index contributed by atoms with van der Waals surface area (Å²) in [6.45, 7) is 5.57. The van der Waals surface area contributed by atoms with Gasteiger partial charge in [0.05, 0.1) is 12.2 Å². The largest absolute Gasteiger partial charge is 0.296 e. The lowest BCUT2D eigenvalue weighted by Gasteiger charge is -2.30. The number of nitrogens with zero attached hydrogens (tertiary/aromatic N) is 3. The fraction of sp³-hybridized carbons (Fsp3) is 0.600. The van der Waals surface area contributed by atoms with Crippen LogP contribution in [-0.2, 0) is 6.54 Å². The number of ketones is 1. The van der Waals surface area contributed by atoms with E-state index in [4.69, 9.17) is 0 Å². The van der Waals surface area contributed by atoms with E-state index in [1.54, 1.807) is 6.92 Å². The molecule has 1 unspecified atom stereocenters. The normalized spacial score (nSPS) is 22.1. The van der Waals surface area contributed by atoms with Crippen LogP contribution in [0.3, 0.4) is 0 Å². The van der Waals surface area contributed by atoms with Crippen molar-refractivity contribution in [2.45, 2.75) is 26.4 Å². The van der Waals surface area contributed by atoms with Crippen LogP contribution in [0.25, 0.3) is 0 Å². The maximum absolute atomic E-state index is 11.2. The summed E-state index contributed by atoms with van der Waals surface area (Å²) < 4.78 is 1.95. The van der Waals surface area contributed by atoms with Crippen LogP contribution in [0.4, 0.5) is 0 Å². The number of rotatable bonds is 1. The number of hydrogen-bond donors (Lipinski definition) is 0. The van der Waals surface area contributed by atoms with Crippen LogP contribution < -0.4 is 0 Å². The highest BCUT2D eigenvalue weighted by Gasteiger charge is 2.23. The van der Waals surface area contributed by atoms with Crippen molar-refractivity contribution in [3.05, 3.63) is 17.5 Å². The molecule has 0 N–H and O–H groups in total. The molecule has 0 fully saturated rings. The molecule has 0 radical (unpaired) electrons. The van der Waals surface area contributed by atoms with E-state index in [0.717, 1.165) is 18.8 Å². The van der Waals surface area contributed by atoms with Gasteiger partial charge in [0, 0.05) is 19.5 Å². The zero-order chi connectivity index (χ0) is 10.3. The number of likely N-dealkylation sites (N-methyl/N-ethyl adjacent to an activating group) is 1. The van der Waals surface area contributed by atoms with Gasteiger partial charge in [-0.15, -0.1) is 0 Å². The fourth-order valence-electron chi connectivity index (χ4n) is 1.79. The van der Waals surface area contributed by atoms with Crippen LogP contribution in [-0.4, -0.2) is 34.1 Å². The highest BCUT2D eigenvalue weighted by molar-refractivity contribution is 5.92. The molecule has 1 aromatic heterocycles. The molecule has 1 atom stereocenters. The van der Waals surface area contributed by atoms with E-state index in [-0.39, 0.29) is 5.78 Å². The van der Waals surface area contributed by atoms with Crippen molar-refractivity contribution in [2.24, 2.45) is 0 Å². The Labute approximate surface area is 83.5 Å². The van der Waals surface area contributed by atoms with E-state index >= 15 is 0 Å². The zero-order valence-corrected chi connectivity index (χ0v) is 8.82. The summed E-state index contributed by atoms with van der Waals surface area (Å²) in [7, 11) is 2.09. The Morgan fingerprint density at radius 1 is 1.57 bits per heavy atom. The van der Waals surface area contributed by atoms with Gasteiger partial charge in [0.25, 0.3) is 0 Å². The smallest absolute Gasteiger partial charge is 0.179 e. The van der Waals surface area contributed by atoms with Gasteiger partial charge < -0.3 is 0 Å². The van der Waals surface area contributed by atoms with E-state index in [2.05, 4.69) is 24.0 Å². The molecule has 0 spiro atoms. The van der Waals surface area contributed by atoms with Gasteiger partial charge >= 0.3 is 0 Å². The lowest BCUT2D eigenvalue weighted by Crippen LogP contribution is -2.33. The van der Waals surface area contributed by atoms with Crippen molar-refractivity contribution >= 4 is 5.78 Å². The first kappa shape index (κ1) is 9.40. The van der Waals surface area contributed by atoms with E-state index in [9.17, 15) is 4.79 Å². The summed E-state index contributed by atoms with van der Waals surface area (Å²) in [4.78, 5) is 13.4. The molecule has 1 aromatic rings. The Bertz CT molecular complexity index is 369. The van der Waals surface area contributed by atoms with Crippen molar-refractivity contribution in [3.63, 3.8) is 0 Å². The van der Waals surface area contributed by atoms with Crippen LogP contribution >= 0.6 is 0 Å². The number of carbonyl (C=O) groups is 1. The molecule has 0 saturated heterocycles. The summed E-state index contributed by atoms with van der Waals surface area (Å²) in [6.07, 6.45) is 0. The minimum absolute atomic E-state index is 0.0433. The Kier molecular flexibility index (Phi) is 2.15. The average molecular weight is 193 g/mol. The van der Waals surface area contributed by atoms with Gasteiger partial charge in [-0.2, -0.15) is 5.10 Å². The lowest BCUT2D eigenvalue weighted by atomic mass is 10.1. The first-order valence-corrected chi connectivity index (χ1v) is 4.88. The van der Waals surface area contributed by atoms with E-state index < -0.39 is 0 Å². The Morgan fingerprint density at radius 3 is 2.93 bits per heavy atom. The maximum atomic E-state index is 11.2. The van der Waals surface area contributed by atoms with Gasteiger partial charge in [0.2, 0.25) is 0 Å². The molecule has 0 saturated carbocycles. The third-order valence-electron chi connectivity index (χ3n) is 2.93. The Morgan fingerprint density at radius 2 is 2.29 bits per heavy atom. The lowest BCUT2D eigenvalue weighted by molar-refractivity contribution is 0.101. The molecule has 76 valence electrons. The molecular weight excluding hydrogens is 178 g/mol.